The molecule has 0 bridgehead atoms. The Balaban J connectivity index is 1.43. The molecule has 0 saturated heterocycles. The Hall–Kier alpha value is -3.40. The molecule has 4 nitrogen and oxygen atoms in total. The predicted molar refractivity (Wildman–Crippen MR) is 118 cm³/mol. The molecule has 2 atom stereocenters. The van der Waals surface area contributed by atoms with Crippen molar-refractivity contribution in [3.05, 3.63) is 107 Å². The van der Waals surface area contributed by atoms with E-state index in [-0.39, 0.29) is 30.3 Å². The smallest absolute Gasteiger partial charge is 0.251 e. The largest absolute Gasteiger partial charge is 0.353 e. The molecule has 0 heterocycles. The molecule has 0 unspecified atom stereocenters. The summed E-state index contributed by atoms with van der Waals surface area (Å²) in [5, 5.41) is 6.22. The van der Waals surface area contributed by atoms with E-state index in [4.69, 9.17) is 0 Å². The topological polar surface area (TPSA) is 58.2 Å². The van der Waals surface area contributed by atoms with Crippen molar-refractivity contribution in [2.45, 2.75) is 37.8 Å². The average Bonchev–Trinajstić information content (AvgIpc) is 2.79. The molecule has 2 amide bonds. The van der Waals surface area contributed by atoms with Crippen LogP contribution in [0.1, 0.15) is 45.9 Å². The standard InChI is InChI=1S/C26H26N2O2/c29-25(27-23-16-15-19-9-7-8-14-22(19)17-23)18-24(20-10-3-1-4-11-20)28-26(30)21-12-5-2-6-13-21/h1-14,23-24H,15-18H2,(H,27,29)(H,28,30)/t23-,24-/m0/s1. The summed E-state index contributed by atoms with van der Waals surface area (Å²) in [6.45, 7) is 0. The van der Waals surface area contributed by atoms with Crippen molar-refractivity contribution in [1.29, 1.82) is 0 Å². The summed E-state index contributed by atoms with van der Waals surface area (Å²) in [6, 6.07) is 26.9. The molecule has 1 aliphatic rings. The maximum Gasteiger partial charge on any atom is 0.251 e. The average molecular weight is 399 g/mol. The minimum Gasteiger partial charge on any atom is -0.353 e. The van der Waals surface area contributed by atoms with E-state index in [9.17, 15) is 9.59 Å². The Bertz CT molecular complexity index is 1000. The fourth-order valence-corrected chi connectivity index (χ4v) is 4.06. The zero-order valence-corrected chi connectivity index (χ0v) is 16.9. The molecule has 0 aromatic heterocycles. The highest BCUT2D eigenvalue weighted by Gasteiger charge is 2.23. The van der Waals surface area contributed by atoms with E-state index < -0.39 is 0 Å². The van der Waals surface area contributed by atoms with Crippen LogP contribution in [-0.2, 0) is 17.6 Å². The summed E-state index contributed by atoms with van der Waals surface area (Å²) in [4.78, 5) is 25.6. The van der Waals surface area contributed by atoms with E-state index in [1.807, 2.05) is 54.6 Å². The zero-order chi connectivity index (χ0) is 20.8. The molecule has 30 heavy (non-hydrogen) atoms. The van der Waals surface area contributed by atoms with Crippen LogP contribution in [0.5, 0.6) is 0 Å². The molecule has 0 radical (unpaired) electrons. The fourth-order valence-electron chi connectivity index (χ4n) is 4.06. The van der Waals surface area contributed by atoms with E-state index in [2.05, 4.69) is 28.8 Å². The molecule has 3 aromatic carbocycles. The Morgan fingerprint density at radius 2 is 1.47 bits per heavy atom. The molecular formula is C26H26N2O2. The molecule has 4 heteroatoms. The molecule has 2 N–H and O–H groups in total. The highest BCUT2D eigenvalue weighted by Crippen LogP contribution is 2.22. The van der Waals surface area contributed by atoms with Crippen LogP contribution in [-0.4, -0.2) is 17.9 Å². The lowest BCUT2D eigenvalue weighted by molar-refractivity contribution is -0.122. The van der Waals surface area contributed by atoms with Gasteiger partial charge in [-0.15, -0.1) is 0 Å². The lowest BCUT2D eigenvalue weighted by Crippen LogP contribution is -2.41. The summed E-state index contributed by atoms with van der Waals surface area (Å²) in [5.74, 6) is -0.217. The summed E-state index contributed by atoms with van der Waals surface area (Å²) in [5.41, 5.74) is 4.19. The number of fused-ring (bicyclic) bond motifs is 1. The van der Waals surface area contributed by atoms with E-state index >= 15 is 0 Å². The number of rotatable bonds is 6. The Morgan fingerprint density at radius 3 is 2.20 bits per heavy atom. The summed E-state index contributed by atoms with van der Waals surface area (Å²) < 4.78 is 0. The van der Waals surface area contributed by atoms with E-state index in [1.165, 1.54) is 11.1 Å². The Labute approximate surface area is 177 Å². The van der Waals surface area contributed by atoms with Gasteiger partial charge in [-0.05, 0) is 48.1 Å². The molecule has 152 valence electrons. The van der Waals surface area contributed by atoms with Gasteiger partial charge in [-0.2, -0.15) is 0 Å². The van der Waals surface area contributed by atoms with Gasteiger partial charge in [-0.1, -0.05) is 72.8 Å². The normalized spacial score (nSPS) is 16.2. The van der Waals surface area contributed by atoms with Gasteiger partial charge < -0.3 is 10.6 Å². The number of amides is 2. The van der Waals surface area contributed by atoms with Crippen LogP contribution in [0, 0.1) is 0 Å². The first kappa shape index (κ1) is 19.9. The lowest BCUT2D eigenvalue weighted by atomic mass is 9.88. The third kappa shape index (κ3) is 4.95. The van der Waals surface area contributed by atoms with Crippen molar-refractivity contribution >= 4 is 11.8 Å². The first-order valence-electron chi connectivity index (χ1n) is 10.5. The molecular weight excluding hydrogens is 372 g/mol. The van der Waals surface area contributed by atoms with Gasteiger partial charge >= 0.3 is 0 Å². The van der Waals surface area contributed by atoms with Gasteiger partial charge in [-0.3, -0.25) is 9.59 Å². The summed E-state index contributed by atoms with van der Waals surface area (Å²) in [7, 11) is 0. The Kier molecular flexibility index (Phi) is 6.23. The van der Waals surface area contributed by atoms with E-state index in [0.717, 1.165) is 24.8 Å². The van der Waals surface area contributed by atoms with Crippen LogP contribution in [0.2, 0.25) is 0 Å². The van der Waals surface area contributed by atoms with Crippen molar-refractivity contribution in [2.24, 2.45) is 0 Å². The third-order valence-corrected chi connectivity index (χ3v) is 5.64. The second-order valence-corrected chi connectivity index (χ2v) is 7.78. The molecule has 0 spiro atoms. The minimum absolute atomic E-state index is 0.0402. The maximum absolute atomic E-state index is 12.9. The SMILES string of the molecule is O=C(C[C@H](NC(=O)c1ccccc1)c1ccccc1)N[C@H]1CCc2ccccc2C1. The molecule has 4 rings (SSSR count). The van der Waals surface area contributed by atoms with Crippen LogP contribution in [0.3, 0.4) is 0 Å². The van der Waals surface area contributed by atoms with Crippen molar-refractivity contribution in [1.82, 2.24) is 10.6 Å². The number of nitrogens with one attached hydrogen (secondary N) is 2. The second kappa shape index (κ2) is 9.40. The molecule has 0 saturated carbocycles. The highest BCUT2D eigenvalue weighted by atomic mass is 16.2. The number of benzene rings is 3. The van der Waals surface area contributed by atoms with Crippen molar-refractivity contribution < 1.29 is 9.59 Å². The molecule has 0 aliphatic heterocycles. The van der Waals surface area contributed by atoms with Crippen LogP contribution in [0.15, 0.2) is 84.9 Å². The van der Waals surface area contributed by atoms with Gasteiger partial charge in [0, 0.05) is 11.6 Å². The Morgan fingerprint density at radius 1 is 0.833 bits per heavy atom. The van der Waals surface area contributed by atoms with E-state index in [1.54, 1.807) is 12.1 Å². The van der Waals surface area contributed by atoms with Crippen LogP contribution >= 0.6 is 0 Å². The third-order valence-electron chi connectivity index (χ3n) is 5.64. The van der Waals surface area contributed by atoms with Gasteiger partial charge in [-0.25, -0.2) is 0 Å². The van der Waals surface area contributed by atoms with Crippen LogP contribution in [0.4, 0.5) is 0 Å². The van der Waals surface area contributed by atoms with Gasteiger partial charge in [0.25, 0.3) is 5.91 Å². The van der Waals surface area contributed by atoms with Crippen molar-refractivity contribution in [2.75, 3.05) is 0 Å². The van der Waals surface area contributed by atoms with Gasteiger partial charge in [0.15, 0.2) is 0 Å². The van der Waals surface area contributed by atoms with Gasteiger partial charge in [0.05, 0.1) is 12.5 Å². The predicted octanol–water partition coefficient (Wildman–Crippen LogP) is 4.22. The van der Waals surface area contributed by atoms with Crippen molar-refractivity contribution in [3.63, 3.8) is 0 Å². The lowest BCUT2D eigenvalue weighted by Gasteiger charge is -2.26. The first-order chi connectivity index (χ1) is 14.7. The minimum atomic E-state index is -0.380. The van der Waals surface area contributed by atoms with Gasteiger partial charge in [0.1, 0.15) is 0 Å². The monoisotopic (exact) mass is 398 g/mol. The number of carbonyl (C=O) groups is 2. The van der Waals surface area contributed by atoms with Gasteiger partial charge in [0.2, 0.25) is 5.91 Å². The quantitative estimate of drug-likeness (QED) is 0.653. The fraction of sp³-hybridized carbons (Fsp3) is 0.231. The second-order valence-electron chi connectivity index (χ2n) is 7.78. The number of carbonyl (C=O) groups excluding carboxylic acids is 2. The summed E-state index contributed by atoms with van der Waals surface area (Å²) in [6.07, 6.45) is 2.98. The van der Waals surface area contributed by atoms with Crippen LogP contribution in [0.25, 0.3) is 0 Å². The molecule has 0 fully saturated rings. The molecule has 3 aromatic rings. The first-order valence-corrected chi connectivity index (χ1v) is 10.5. The molecule has 1 aliphatic carbocycles. The number of hydrogen-bond donors (Lipinski definition) is 2. The summed E-state index contributed by atoms with van der Waals surface area (Å²) >= 11 is 0. The van der Waals surface area contributed by atoms with Crippen LogP contribution < -0.4 is 10.6 Å². The number of hydrogen-bond acceptors (Lipinski definition) is 2. The highest BCUT2D eigenvalue weighted by molar-refractivity contribution is 5.94. The van der Waals surface area contributed by atoms with Crippen molar-refractivity contribution in [3.8, 4) is 0 Å². The van der Waals surface area contributed by atoms with E-state index in [0.29, 0.717) is 5.56 Å². The maximum atomic E-state index is 12.9. The number of aryl methyl sites for hydroxylation is 1. The zero-order valence-electron chi connectivity index (χ0n) is 16.9.